The third-order valence-electron chi connectivity index (χ3n) is 4.58. The van der Waals surface area contributed by atoms with Crippen molar-refractivity contribution in [2.24, 2.45) is 5.92 Å². The summed E-state index contributed by atoms with van der Waals surface area (Å²) in [4.78, 5) is 14.8. The Kier molecular flexibility index (Phi) is 5.51. The molecule has 3 rings (SSSR count). The first kappa shape index (κ1) is 18.0. The van der Waals surface area contributed by atoms with Crippen molar-refractivity contribution >= 4 is 34.0 Å². The van der Waals surface area contributed by atoms with Crippen LogP contribution < -0.4 is 5.32 Å². The zero-order chi connectivity index (χ0) is 18.0. The predicted octanol–water partition coefficient (Wildman–Crippen LogP) is 5.09. The smallest absolute Gasteiger partial charge is 0.235 e. The van der Waals surface area contributed by atoms with Gasteiger partial charge in [0.2, 0.25) is 5.91 Å². The van der Waals surface area contributed by atoms with Crippen molar-refractivity contribution in [3.8, 4) is 6.07 Å². The van der Waals surface area contributed by atoms with Gasteiger partial charge in [0.1, 0.15) is 11.1 Å². The van der Waals surface area contributed by atoms with Crippen molar-refractivity contribution in [2.45, 2.75) is 44.9 Å². The number of rotatable bonds is 4. The third kappa shape index (κ3) is 4.08. The van der Waals surface area contributed by atoms with Crippen molar-refractivity contribution in [2.75, 3.05) is 11.1 Å². The number of hydrogen-bond donors (Lipinski definition) is 1. The van der Waals surface area contributed by atoms with Gasteiger partial charge in [-0.05, 0) is 56.2 Å². The Morgan fingerprint density at radius 1 is 1.44 bits per heavy atom. The maximum atomic E-state index is 12.4. The van der Waals surface area contributed by atoms with E-state index < -0.39 is 0 Å². The molecule has 0 saturated carbocycles. The Bertz CT molecular complexity index is 848. The fourth-order valence-corrected chi connectivity index (χ4v) is 5.43. The van der Waals surface area contributed by atoms with Crippen LogP contribution in [0.2, 0.25) is 0 Å². The molecule has 1 atom stereocenters. The quantitative estimate of drug-likeness (QED) is 0.763. The fourth-order valence-electron chi connectivity index (χ4n) is 3.13. The summed E-state index contributed by atoms with van der Waals surface area (Å²) in [5.74, 6) is 0.962. The molecule has 1 heterocycles. The Labute approximate surface area is 157 Å². The first-order chi connectivity index (χ1) is 12.0. The summed E-state index contributed by atoms with van der Waals surface area (Å²) >= 11 is 3.13. The fraction of sp³-hybridized carbons (Fsp3) is 0.400. The number of thiophene rings is 1. The third-order valence-corrected chi connectivity index (χ3v) is 6.91. The van der Waals surface area contributed by atoms with E-state index in [1.54, 1.807) is 23.1 Å². The van der Waals surface area contributed by atoms with Gasteiger partial charge in [-0.25, -0.2) is 0 Å². The molecule has 2 aromatic rings. The maximum absolute atomic E-state index is 12.4. The van der Waals surface area contributed by atoms with E-state index in [2.05, 4.69) is 50.4 Å². The van der Waals surface area contributed by atoms with Crippen LogP contribution in [0.15, 0.2) is 23.1 Å². The number of carbonyl (C=O) groups is 1. The number of hydrogen-bond acceptors (Lipinski definition) is 4. The summed E-state index contributed by atoms with van der Waals surface area (Å²) in [6, 6.07) is 8.57. The topological polar surface area (TPSA) is 52.9 Å². The number of amides is 1. The molecule has 1 aliphatic rings. The Balaban J connectivity index is 1.69. The molecule has 0 fully saturated rings. The first-order valence-electron chi connectivity index (χ1n) is 8.52. The molecule has 3 nitrogen and oxygen atoms in total. The second-order valence-electron chi connectivity index (χ2n) is 6.77. The van der Waals surface area contributed by atoms with Gasteiger partial charge < -0.3 is 5.32 Å². The number of fused-ring (bicyclic) bond motifs is 1. The molecule has 0 aliphatic heterocycles. The van der Waals surface area contributed by atoms with Crippen LogP contribution in [0.4, 0.5) is 5.00 Å². The summed E-state index contributed by atoms with van der Waals surface area (Å²) in [7, 11) is 0. The highest BCUT2D eigenvalue weighted by Crippen LogP contribution is 2.39. The highest BCUT2D eigenvalue weighted by molar-refractivity contribution is 8.00. The maximum Gasteiger partial charge on any atom is 0.235 e. The van der Waals surface area contributed by atoms with Crippen LogP contribution in [0.1, 0.15) is 40.5 Å². The van der Waals surface area contributed by atoms with Crippen molar-refractivity contribution in [3.63, 3.8) is 0 Å². The van der Waals surface area contributed by atoms with Crippen LogP contribution >= 0.6 is 23.1 Å². The van der Waals surface area contributed by atoms with Gasteiger partial charge in [-0.2, -0.15) is 5.26 Å². The highest BCUT2D eigenvalue weighted by Gasteiger charge is 2.24. The molecule has 0 spiro atoms. The molecule has 0 radical (unpaired) electrons. The normalized spacial score (nSPS) is 16.2. The average molecular weight is 371 g/mol. The molecule has 0 saturated heterocycles. The minimum Gasteiger partial charge on any atom is -0.316 e. The zero-order valence-electron chi connectivity index (χ0n) is 14.8. The van der Waals surface area contributed by atoms with Gasteiger partial charge in [0, 0.05) is 9.77 Å². The molecule has 1 aromatic heterocycles. The molecule has 5 heteroatoms. The van der Waals surface area contributed by atoms with Crippen LogP contribution in [-0.2, 0) is 17.6 Å². The summed E-state index contributed by atoms with van der Waals surface area (Å²) in [6.07, 6.45) is 3.08. The van der Waals surface area contributed by atoms with E-state index in [1.165, 1.54) is 16.0 Å². The second kappa shape index (κ2) is 7.63. The first-order valence-corrected chi connectivity index (χ1v) is 10.3. The largest absolute Gasteiger partial charge is 0.316 e. The number of nitriles is 1. The second-order valence-corrected chi connectivity index (χ2v) is 8.90. The SMILES string of the molecule is Cc1ccc(C)c(SCC(=O)Nc2sc3c(c2C#N)CCC(C)C3)c1. The monoisotopic (exact) mass is 370 g/mol. The van der Waals surface area contributed by atoms with E-state index in [9.17, 15) is 10.1 Å². The lowest BCUT2D eigenvalue weighted by molar-refractivity contribution is -0.113. The van der Waals surface area contributed by atoms with E-state index in [1.807, 2.05) is 0 Å². The molecule has 1 amide bonds. The van der Waals surface area contributed by atoms with Crippen LogP contribution in [0, 0.1) is 31.1 Å². The van der Waals surface area contributed by atoms with Crippen LogP contribution in [0.3, 0.4) is 0 Å². The van der Waals surface area contributed by atoms with Gasteiger partial charge >= 0.3 is 0 Å². The summed E-state index contributed by atoms with van der Waals surface area (Å²) in [5, 5.41) is 13.2. The minimum absolute atomic E-state index is 0.0472. The average Bonchev–Trinajstić information content (AvgIpc) is 2.91. The van der Waals surface area contributed by atoms with Gasteiger partial charge in [0.15, 0.2) is 0 Å². The lowest BCUT2D eigenvalue weighted by Gasteiger charge is -2.17. The number of nitrogens with zero attached hydrogens (tertiary/aromatic N) is 1. The van der Waals surface area contributed by atoms with E-state index >= 15 is 0 Å². The van der Waals surface area contributed by atoms with E-state index in [0.717, 1.165) is 34.7 Å². The lowest BCUT2D eigenvalue weighted by Crippen LogP contribution is -2.14. The minimum atomic E-state index is -0.0472. The van der Waals surface area contributed by atoms with Crippen molar-refractivity contribution in [3.05, 3.63) is 45.3 Å². The van der Waals surface area contributed by atoms with Crippen molar-refractivity contribution in [1.82, 2.24) is 0 Å². The summed E-state index contributed by atoms with van der Waals surface area (Å²) < 4.78 is 0. The van der Waals surface area contributed by atoms with Gasteiger partial charge in [0.05, 0.1) is 11.3 Å². The molecular formula is C20H22N2OS2. The highest BCUT2D eigenvalue weighted by atomic mass is 32.2. The summed E-state index contributed by atoms with van der Waals surface area (Å²) in [5.41, 5.74) is 4.21. The number of anilines is 1. The van der Waals surface area contributed by atoms with E-state index in [0.29, 0.717) is 17.2 Å². The van der Waals surface area contributed by atoms with Crippen molar-refractivity contribution < 1.29 is 4.79 Å². The summed E-state index contributed by atoms with van der Waals surface area (Å²) in [6.45, 7) is 6.36. The van der Waals surface area contributed by atoms with Gasteiger partial charge in [0.25, 0.3) is 0 Å². The van der Waals surface area contributed by atoms with Gasteiger partial charge in [-0.1, -0.05) is 24.6 Å². The lowest BCUT2D eigenvalue weighted by atomic mass is 9.89. The van der Waals surface area contributed by atoms with Crippen LogP contribution in [-0.4, -0.2) is 11.7 Å². The Morgan fingerprint density at radius 3 is 3.00 bits per heavy atom. The molecule has 1 unspecified atom stereocenters. The zero-order valence-corrected chi connectivity index (χ0v) is 16.4. The van der Waals surface area contributed by atoms with E-state index in [-0.39, 0.29) is 5.91 Å². The number of carbonyl (C=O) groups excluding carboxylic acids is 1. The number of aryl methyl sites for hydroxylation is 2. The molecule has 25 heavy (non-hydrogen) atoms. The standard InChI is InChI=1S/C20H22N2OS2/c1-12-4-6-14(3)17(8-12)24-11-19(23)22-20-16(10-21)15-7-5-13(2)9-18(15)25-20/h4,6,8,13H,5,7,9,11H2,1-3H3,(H,22,23). The number of nitrogens with one attached hydrogen (secondary N) is 1. The Hall–Kier alpha value is -1.77. The molecular weight excluding hydrogens is 348 g/mol. The van der Waals surface area contributed by atoms with Gasteiger partial charge in [-0.3, -0.25) is 4.79 Å². The molecule has 1 aliphatic carbocycles. The molecule has 1 aromatic carbocycles. The molecule has 0 bridgehead atoms. The number of benzene rings is 1. The number of thioether (sulfide) groups is 1. The molecule has 1 N–H and O–H groups in total. The van der Waals surface area contributed by atoms with Gasteiger partial charge in [-0.15, -0.1) is 23.1 Å². The van der Waals surface area contributed by atoms with Crippen LogP contribution in [0.25, 0.3) is 0 Å². The van der Waals surface area contributed by atoms with Crippen molar-refractivity contribution in [1.29, 1.82) is 5.26 Å². The molecule has 130 valence electrons. The Morgan fingerprint density at radius 2 is 2.24 bits per heavy atom. The predicted molar refractivity (Wildman–Crippen MR) is 105 cm³/mol. The van der Waals surface area contributed by atoms with E-state index in [4.69, 9.17) is 0 Å². The van der Waals surface area contributed by atoms with Crippen LogP contribution in [0.5, 0.6) is 0 Å².